The van der Waals surface area contributed by atoms with E-state index < -0.39 is 0 Å². The van der Waals surface area contributed by atoms with Crippen LogP contribution in [0.5, 0.6) is 0 Å². The van der Waals surface area contributed by atoms with Gasteiger partial charge in [0.15, 0.2) is 0 Å². The van der Waals surface area contributed by atoms with Crippen molar-refractivity contribution in [1.82, 2.24) is 5.32 Å². The molecule has 2 aromatic rings. The van der Waals surface area contributed by atoms with Crippen molar-refractivity contribution in [3.05, 3.63) is 70.5 Å². The third kappa shape index (κ3) is 4.48. The van der Waals surface area contributed by atoms with Crippen molar-refractivity contribution >= 4 is 23.2 Å². The van der Waals surface area contributed by atoms with E-state index in [1.54, 1.807) is 6.07 Å². The van der Waals surface area contributed by atoms with Crippen LogP contribution in [0, 0.1) is 5.82 Å². The van der Waals surface area contributed by atoms with E-state index in [-0.39, 0.29) is 11.9 Å². The predicted molar refractivity (Wildman–Crippen MR) is 82.9 cm³/mol. The van der Waals surface area contributed by atoms with Gasteiger partial charge in [0.05, 0.1) is 0 Å². The first kappa shape index (κ1) is 15.3. The van der Waals surface area contributed by atoms with Crippen LogP contribution in [0.2, 0.25) is 5.02 Å². The van der Waals surface area contributed by atoms with E-state index >= 15 is 0 Å². The minimum absolute atomic E-state index is 0.153. The van der Waals surface area contributed by atoms with Crippen molar-refractivity contribution in [2.24, 2.45) is 0 Å². The van der Waals surface area contributed by atoms with Crippen molar-refractivity contribution in [1.29, 1.82) is 0 Å². The summed E-state index contributed by atoms with van der Waals surface area (Å²) in [5, 5.41) is 3.79. The summed E-state index contributed by atoms with van der Waals surface area (Å²) in [4.78, 5) is 0. The maximum absolute atomic E-state index is 13.0. The molecule has 0 heterocycles. The summed E-state index contributed by atoms with van der Waals surface area (Å²) in [6.45, 7) is 0.573. The first-order valence-corrected chi connectivity index (χ1v) is 7.37. The van der Waals surface area contributed by atoms with Crippen LogP contribution in [0.4, 0.5) is 4.39 Å². The van der Waals surface area contributed by atoms with Gasteiger partial charge in [0.25, 0.3) is 0 Å². The average Bonchev–Trinajstić information content (AvgIpc) is 2.46. The lowest BCUT2D eigenvalue weighted by Gasteiger charge is -2.16. The molecule has 0 amide bonds. The molecule has 0 aromatic heterocycles. The zero-order valence-corrected chi connectivity index (χ0v) is 12.5. The van der Waals surface area contributed by atoms with Crippen LogP contribution in [0.25, 0.3) is 0 Å². The lowest BCUT2D eigenvalue weighted by Crippen LogP contribution is -2.32. The van der Waals surface area contributed by atoms with E-state index in [1.807, 2.05) is 18.2 Å². The predicted octanol–water partition coefficient (Wildman–Crippen LogP) is 4.42. The number of hydrogen-bond acceptors (Lipinski definition) is 1. The topological polar surface area (TPSA) is 12.0 Å². The lowest BCUT2D eigenvalue weighted by atomic mass is 10.1. The van der Waals surface area contributed by atoms with Crippen LogP contribution >= 0.6 is 23.2 Å². The Morgan fingerprint density at radius 2 is 1.85 bits per heavy atom. The fourth-order valence-electron chi connectivity index (χ4n) is 2.00. The highest BCUT2D eigenvalue weighted by Gasteiger charge is 2.09. The number of halogens is 3. The van der Waals surface area contributed by atoms with Gasteiger partial charge in [-0.2, -0.15) is 0 Å². The first-order valence-electron chi connectivity index (χ1n) is 6.46. The molecule has 0 fully saturated rings. The molecule has 1 nitrogen and oxygen atoms in total. The van der Waals surface area contributed by atoms with E-state index in [0.29, 0.717) is 17.4 Å². The summed E-state index contributed by atoms with van der Waals surface area (Å²) < 4.78 is 13.0. The Hall–Kier alpha value is -1.09. The molecule has 0 aliphatic heterocycles. The van der Waals surface area contributed by atoms with E-state index in [9.17, 15) is 4.39 Å². The zero-order chi connectivity index (χ0) is 14.4. The molecule has 0 radical (unpaired) electrons. The van der Waals surface area contributed by atoms with Crippen molar-refractivity contribution in [2.75, 3.05) is 5.88 Å². The maximum Gasteiger partial charge on any atom is 0.124 e. The van der Waals surface area contributed by atoms with Crippen molar-refractivity contribution in [3.63, 3.8) is 0 Å². The average molecular weight is 312 g/mol. The maximum atomic E-state index is 13.0. The quantitative estimate of drug-likeness (QED) is 0.779. The van der Waals surface area contributed by atoms with Crippen LogP contribution < -0.4 is 5.32 Å². The van der Waals surface area contributed by atoms with Crippen LogP contribution in [0.3, 0.4) is 0 Å². The van der Waals surface area contributed by atoms with Gasteiger partial charge < -0.3 is 5.32 Å². The van der Waals surface area contributed by atoms with Crippen LogP contribution in [-0.2, 0) is 13.0 Å². The van der Waals surface area contributed by atoms with E-state index in [4.69, 9.17) is 23.2 Å². The largest absolute Gasteiger partial charge is 0.308 e. The highest BCUT2D eigenvalue weighted by Crippen LogP contribution is 2.17. The molecule has 4 heteroatoms. The third-order valence-electron chi connectivity index (χ3n) is 3.11. The van der Waals surface area contributed by atoms with Crippen molar-refractivity contribution in [3.8, 4) is 0 Å². The SMILES string of the molecule is Fc1ccc(CNC(CCl)Cc2ccccc2)c(Cl)c1. The van der Waals surface area contributed by atoms with Gasteiger partial charge >= 0.3 is 0 Å². The molecule has 0 saturated heterocycles. The smallest absolute Gasteiger partial charge is 0.124 e. The Labute approximate surface area is 128 Å². The Morgan fingerprint density at radius 3 is 2.50 bits per heavy atom. The monoisotopic (exact) mass is 311 g/mol. The molecule has 2 rings (SSSR count). The molecular weight excluding hydrogens is 296 g/mol. The summed E-state index contributed by atoms with van der Waals surface area (Å²) >= 11 is 12.0. The van der Waals surface area contributed by atoms with Crippen LogP contribution in [-0.4, -0.2) is 11.9 Å². The molecule has 0 spiro atoms. The number of nitrogens with one attached hydrogen (secondary N) is 1. The minimum atomic E-state index is -0.322. The number of hydrogen-bond donors (Lipinski definition) is 1. The van der Waals surface area contributed by atoms with Gasteiger partial charge in [0, 0.05) is 23.5 Å². The second kappa shape index (κ2) is 7.63. The molecule has 0 bridgehead atoms. The molecule has 1 N–H and O–H groups in total. The Bertz CT molecular complexity index is 545. The Morgan fingerprint density at radius 1 is 1.10 bits per heavy atom. The van der Waals surface area contributed by atoms with E-state index in [1.165, 1.54) is 17.7 Å². The summed E-state index contributed by atoms with van der Waals surface area (Å²) in [6, 6.07) is 14.7. The lowest BCUT2D eigenvalue weighted by molar-refractivity contribution is 0.549. The molecule has 2 aromatic carbocycles. The Kier molecular flexibility index (Phi) is 5.84. The van der Waals surface area contributed by atoms with Gasteiger partial charge in [-0.05, 0) is 29.7 Å². The van der Waals surface area contributed by atoms with E-state index in [2.05, 4.69) is 17.4 Å². The highest BCUT2D eigenvalue weighted by molar-refractivity contribution is 6.31. The van der Waals surface area contributed by atoms with Crippen molar-refractivity contribution < 1.29 is 4.39 Å². The third-order valence-corrected chi connectivity index (χ3v) is 3.83. The van der Waals surface area contributed by atoms with Crippen LogP contribution in [0.1, 0.15) is 11.1 Å². The molecule has 0 aliphatic carbocycles. The molecule has 1 atom stereocenters. The first-order chi connectivity index (χ1) is 9.69. The van der Waals surface area contributed by atoms with Gasteiger partial charge in [-0.3, -0.25) is 0 Å². The molecule has 106 valence electrons. The second-order valence-corrected chi connectivity index (χ2v) is 5.37. The van der Waals surface area contributed by atoms with Gasteiger partial charge in [0.1, 0.15) is 5.82 Å². The summed E-state index contributed by atoms with van der Waals surface area (Å²) in [6.07, 6.45) is 0.850. The second-order valence-electron chi connectivity index (χ2n) is 4.66. The van der Waals surface area contributed by atoms with Gasteiger partial charge in [-0.25, -0.2) is 4.39 Å². The summed E-state index contributed by atoms with van der Waals surface area (Å²) in [5.74, 6) is 0.185. The molecule has 20 heavy (non-hydrogen) atoms. The standard InChI is InChI=1S/C16H16Cl2FN/c17-10-15(8-12-4-2-1-3-5-12)20-11-13-6-7-14(19)9-16(13)18/h1-7,9,15,20H,8,10-11H2. The number of rotatable bonds is 6. The summed E-state index contributed by atoms with van der Waals surface area (Å²) in [7, 11) is 0. The summed E-state index contributed by atoms with van der Waals surface area (Å²) in [5.41, 5.74) is 2.10. The van der Waals surface area contributed by atoms with Crippen molar-refractivity contribution in [2.45, 2.75) is 19.0 Å². The van der Waals surface area contributed by atoms with Gasteiger partial charge in [0.2, 0.25) is 0 Å². The van der Waals surface area contributed by atoms with Gasteiger partial charge in [-0.15, -0.1) is 11.6 Å². The molecule has 0 aliphatic rings. The molecule has 1 unspecified atom stereocenters. The minimum Gasteiger partial charge on any atom is -0.308 e. The van der Waals surface area contributed by atoms with Crippen LogP contribution in [0.15, 0.2) is 48.5 Å². The van der Waals surface area contributed by atoms with E-state index in [0.717, 1.165) is 12.0 Å². The highest BCUT2D eigenvalue weighted by atomic mass is 35.5. The number of benzene rings is 2. The molecule has 0 saturated carbocycles. The Balaban J connectivity index is 1.93. The number of alkyl halides is 1. The molecular formula is C16H16Cl2FN. The normalized spacial score (nSPS) is 12.3. The van der Waals surface area contributed by atoms with Gasteiger partial charge in [-0.1, -0.05) is 48.0 Å². The fraction of sp³-hybridized carbons (Fsp3) is 0.250. The zero-order valence-electron chi connectivity index (χ0n) is 11.0. The fourth-order valence-corrected chi connectivity index (χ4v) is 2.45.